The van der Waals surface area contributed by atoms with Gasteiger partial charge in [-0.2, -0.15) is 0 Å². The van der Waals surface area contributed by atoms with Gasteiger partial charge in [0.25, 0.3) is 0 Å². The van der Waals surface area contributed by atoms with Crippen molar-refractivity contribution in [3.8, 4) is 0 Å². The highest BCUT2D eigenvalue weighted by molar-refractivity contribution is 5.73. The molecule has 0 aromatic rings. The van der Waals surface area contributed by atoms with E-state index in [0.29, 0.717) is 0 Å². The van der Waals surface area contributed by atoms with Gasteiger partial charge in [-0.05, 0) is 0 Å². The van der Waals surface area contributed by atoms with Crippen LogP contribution in [-0.2, 0) is 19.0 Å². The number of ether oxygens (including phenoxy) is 3. The second-order valence-electron chi connectivity index (χ2n) is 6.26. The van der Waals surface area contributed by atoms with Crippen molar-refractivity contribution in [2.45, 2.75) is 68.3 Å². The maximum atomic E-state index is 11.2. The Morgan fingerprint density at radius 3 is 2.08 bits per heavy atom. The monoisotopic (exact) mass is 383 g/mol. The van der Waals surface area contributed by atoms with Crippen LogP contribution in [0.3, 0.4) is 0 Å². The highest BCUT2D eigenvalue weighted by Gasteiger charge is 2.50. The summed E-state index contributed by atoms with van der Waals surface area (Å²) in [7, 11) is 0. The maximum absolute atomic E-state index is 11.2. The number of carbonyl (C=O) groups is 1. The Labute approximate surface area is 148 Å². The van der Waals surface area contributed by atoms with Gasteiger partial charge < -0.3 is 55.3 Å². The van der Waals surface area contributed by atoms with E-state index in [1.54, 1.807) is 0 Å². The topological polar surface area (TPSA) is 198 Å². The number of aliphatic hydroxyl groups is 7. The van der Waals surface area contributed by atoms with Crippen molar-refractivity contribution in [3.63, 3.8) is 0 Å². The summed E-state index contributed by atoms with van der Waals surface area (Å²) in [4.78, 5) is 11.2. The maximum Gasteiger partial charge on any atom is 0.217 e. The molecule has 12 heteroatoms. The molecule has 2 fully saturated rings. The second-order valence-corrected chi connectivity index (χ2v) is 6.26. The van der Waals surface area contributed by atoms with Crippen LogP contribution < -0.4 is 5.32 Å². The molecular weight excluding hydrogens is 358 g/mol. The molecule has 0 radical (unpaired) electrons. The highest BCUT2D eigenvalue weighted by Crippen LogP contribution is 2.28. The Kier molecular flexibility index (Phi) is 7.27. The summed E-state index contributed by atoms with van der Waals surface area (Å²) >= 11 is 0. The van der Waals surface area contributed by atoms with Gasteiger partial charge in [0.05, 0.1) is 13.2 Å². The van der Waals surface area contributed by atoms with Crippen LogP contribution in [0.1, 0.15) is 6.92 Å². The highest BCUT2D eigenvalue weighted by atomic mass is 16.7. The van der Waals surface area contributed by atoms with Gasteiger partial charge in [-0.3, -0.25) is 4.79 Å². The Morgan fingerprint density at radius 1 is 0.923 bits per heavy atom. The summed E-state index contributed by atoms with van der Waals surface area (Å²) in [5.41, 5.74) is 0. The number of hydrogen-bond donors (Lipinski definition) is 8. The second kappa shape index (κ2) is 8.84. The zero-order chi connectivity index (χ0) is 19.6. The van der Waals surface area contributed by atoms with Crippen LogP contribution in [-0.4, -0.2) is 116 Å². The van der Waals surface area contributed by atoms with Crippen molar-refractivity contribution in [2.75, 3.05) is 13.2 Å². The first kappa shape index (κ1) is 21.4. The van der Waals surface area contributed by atoms with E-state index in [-0.39, 0.29) is 0 Å². The molecule has 2 rings (SSSR count). The molecule has 10 atom stereocenters. The normalized spacial score (nSPS) is 46.8. The summed E-state index contributed by atoms with van der Waals surface area (Å²) in [5, 5.41) is 70.7. The Bertz CT molecular complexity index is 478. The van der Waals surface area contributed by atoms with Crippen molar-refractivity contribution in [1.82, 2.24) is 5.32 Å². The number of hydrogen-bond acceptors (Lipinski definition) is 11. The molecule has 0 spiro atoms. The molecule has 152 valence electrons. The lowest BCUT2D eigenvalue weighted by Gasteiger charge is -2.46. The first-order valence-electron chi connectivity index (χ1n) is 8.06. The molecule has 0 bridgehead atoms. The third-order valence-corrected chi connectivity index (χ3v) is 4.38. The van der Waals surface area contributed by atoms with Crippen molar-refractivity contribution in [2.24, 2.45) is 0 Å². The Morgan fingerprint density at radius 2 is 1.54 bits per heavy atom. The van der Waals surface area contributed by atoms with E-state index in [4.69, 9.17) is 14.2 Å². The smallest absolute Gasteiger partial charge is 0.217 e. The molecule has 2 heterocycles. The van der Waals surface area contributed by atoms with Gasteiger partial charge in [0, 0.05) is 6.92 Å². The summed E-state index contributed by atoms with van der Waals surface area (Å²) < 4.78 is 15.7. The molecule has 1 amide bonds. The van der Waals surface area contributed by atoms with Gasteiger partial charge in [0.15, 0.2) is 12.6 Å². The zero-order valence-electron chi connectivity index (χ0n) is 14.0. The van der Waals surface area contributed by atoms with Crippen molar-refractivity contribution >= 4 is 5.91 Å². The van der Waals surface area contributed by atoms with E-state index < -0.39 is 80.5 Å². The zero-order valence-corrected chi connectivity index (χ0v) is 14.0. The molecule has 2 saturated heterocycles. The SMILES string of the molecule is CC(=O)N[C@H]1[C@@H](O)[C@@H](O[C@@H]2OC(CO)[C@H](O)[C@H](O)[C@@H]2O)C(CO)O[C@H]1O. The molecule has 2 aliphatic heterocycles. The fraction of sp³-hybridized carbons (Fsp3) is 0.929. The standard InChI is InChI=1S/C14H25NO11/c1-4(18)15-7-9(20)12(6(3-17)24-13(7)23)26-14-11(22)10(21)8(19)5(2-16)25-14/h5-14,16-17,19-23H,2-3H2,1H3,(H,15,18)/t5?,6?,7-,8-,9+,10-,11-,12-,13+,14-/m0/s1. The summed E-state index contributed by atoms with van der Waals surface area (Å²) in [6, 6.07) is -1.29. The molecule has 8 N–H and O–H groups in total. The van der Waals surface area contributed by atoms with Crippen molar-refractivity contribution in [1.29, 1.82) is 0 Å². The van der Waals surface area contributed by atoms with Gasteiger partial charge in [0.1, 0.15) is 48.8 Å². The predicted octanol–water partition coefficient (Wildman–Crippen LogP) is -5.25. The summed E-state index contributed by atoms with van der Waals surface area (Å²) in [6.07, 6.45) is -13.6. The van der Waals surface area contributed by atoms with Crippen LogP contribution >= 0.6 is 0 Å². The van der Waals surface area contributed by atoms with E-state index >= 15 is 0 Å². The van der Waals surface area contributed by atoms with Crippen LogP contribution in [0.25, 0.3) is 0 Å². The Hall–Kier alpha value is -0.930. The van der Waals surface area contributed by atoms with E-state index in [1.807, 2.05) is 0 Å². The van der Waals surface area contributed by atoms with Crippen LogP contribution in [0, 0.1) is 0 Å². The number of carbonyl (C=O) groups excluding carboxylic acids is 1. The van der Waals surface area contributed by atoms with E-state index in [9.17, 15) is 40.5 Å². The predicted molar refractivity (Wildman–Crippen MR) is 80.2 cm³/mol. The van der Waals surface area contributed by atoms with Crippen molar-refractivity contribution in [3.05, 3.63) is 0 Å². The molecule has 2 unspecified atom stereocenters. The molecule has 0 aromatic carbocycles. The molecule has 12 nitrogen and oxygen atoms in total. The van der Waals surface area contributed by atoms with Crippen LogP contribution in [0.5, 0.6) is 0 Å². The minimum Gasteiger partial charge on any atom is -0.394 e. The van der Waals surface area contributed by atoms with Crippen LogP contribution in [0.15, 0.2) is 0 Å². The number of aliphatic hydroxyl groups excluding tert-OH is 7. The lowest BCUT2D eigenvalue weighted by molar-refractivity contribution is -0.345. The first-order valence-corrected chi connectivity index (χ1v) is 8.06. The minimum atomic E-state index is -1.73. The molecule has 26 heavy (non-hydrogen) atoms. The van der Waals surface area contributed by atoms with Gasteiger partial charge in [-0.15, -0.1) is 0 Å². The number of amides is 1. The molecular formula is C14H25NO11. The van der Waals surface area contributed by atoms with Gasteiger partial charge in [0.2, 0.25) is 5.91 Å². The Balaban J connectivity index is 2.16. The number of nitrogens with one attached hydrogen (secondary N) is 1. The third kappa shape index (κ3) is 4.31. The van der Waals surface area contributed by atoms with E-state index in [0.717, 1.165) is 6.92 Å². The van der Waals surface area contributed by atoms with Gasteiger partial charge in [-0.25, -0.2) is 0 Å². The molecule has 0 aliphatic carbocycles. The average Bonchev–Trinajstić information content (AvgIpc) is 2.60. The minimum absolute atomic E-state index is 0.564. The average molecular weight is 383 g/mol. The van der Waals surface area contributed by atoms with E-state index in [2.05, 4.69) is 5.32 Å². The van der Waals surface area contributed by atoms with Crippen LogP contribution in [0.2, 0.25) is 0 Å². The lowest BCUT2D eigenvalue weighted by Crippen LogP contribution is -2.67. The lowest BCUT2D eigenvalue weighted by atomic mass is 9.95. The van der Waals surface area contributed by atoms with Crippen molar-refractivity contribution < 1.29 is 54.8 Å². The summed E-state index contributed by atoms with van der Waals surface area (Å²) in [6.45, 7) is -0.195. The first-order chi connectivity index (χ1) is 12.2. The van der Waals surface area contributed by atoms with Crippen LogP contribution in [0.4, 0.5) is 0 Å². The van der Waals surface area contributed by atoms with Gasteiger partial charge >= 0.3 is 0 Å². The fourth-order valence-corrected chi connectivity index (χ4v) is 2.98. The molecule has 2 aliphatic rings. The fourth-order valence-electron chi connectivity index (χ4n) is 2.98. The number of rotatable bonds is 5. The van der Waals surface area contributed by atoms with E-state index in [1.165, 1.54) is 0 Å². The molecule has 0 aromatic heterocycles. The quantitative estimate of drug-likeness (QED) is 0.226. The van der Waals surface area contributed by atoms with Gasteiger partial charge in [-0.1, -0.05) is 0 Å². The largest absolute Gasteiger partial charge is 0.394 e. The third-order valence-electron chi connectivity index (χ3n) is 4.38. The molecule has 0 saturated carbocycles. The summed E-state index contributed by atoms with van der Waals surface area (Å²) in [5.74, 6) is -0.564.